The molecule has 1 aromatic rings. The molecule has 0 aromatic heterocycles. The quantitative estimate of drug-likeness (QED) is 0.650. The maximum Gasteiger partial charge on any atom is 0.222 e. The zero-order valence-corrected chi connectivity index (χ0v) is 20.4. The summed E-state index contributed by atoms with van der Waals surface area (Å²) in [6, 6.07) is 7.02. The molecular formula is C28H42N2O3. The average molecular weight is 455 g/mol. The van der Waals surface area contributed by atoms with E-state index in [0.717, 1.165) is 62.9 Å². The molecule has 2 unspecified atom stereocenters. The van der Waals surface area contributed by atoms with Crippen LogP contribution in [0.2, 0.25) is 0 Å². The Balaban J connectivity index is 1.02. The Labute approximate surface area is 199 Å². The minimum absolute atomic E-state index is 0.154. The number of ether oxygens (including phenoxy) is 2. The van der Waals surface area contributed by atoms with Gasteiger partial charge >= 0.3 is 0 Å². The Morgan fingerprint density at radius 3 is 2.67 bits per heavy atom. The first kappa shape index (κ1) is 23.2. The summed E-state index contributed by atoms with van der Waals surface area (Å²) in [6.45, 7) is 7.78. The van der Waals surface area contributed by atoms with Crippen molar-refractivity contribution in [2.24, 2.45) is 11.8 Å². The largest absolute Gasteiger partial charge is 0.493 e. The first-order valence-electron chi connectivity index (χ1n) is 13.5. The van der Waals surface area contributed by atoms with Crippen LogP contribution in [0.1, 0.15) is 81.8 Å². The van der Waals surface area contributed by atoms with E-state index < -0.39 is 0 Å². The lowest BCUT2D eigenvalue weighted by molar-refractivity contribution is -0.124. The number of carbonyl (C=O) groups excluding carboxylic acids is 1. The maximum absolute atomic E-state index is 12.3. The summed E-state index contributed by atoms with van der Waals surface area (Å²) >= 11 is 0. The zero-order chi connectivity index (χ0) is 22.6. The fourth-order valence-electron chi connectivity index (χ4n) is 6.75. The maximum atomic E-state index is 12.3. The smallest absolute Gasteiger partial charge is 0.222 e. The molecule has 3 heterocycles. The van der Waals surface area contributed by atoms with Gasteiger partial charge in [-0.15, -0.1) is 0 Å². The van der Waals surface area contributed by atoms with Gasteiger partial charge in [-0.25, -0.2) is 0 Å². The molecule has 4 aliphatic rings. The third-order valence-electron chi connectivity index (χ3n) is 8.73. The molecule has 0 spiro atoms. The predicted octanol–water partition coefficient (Wildman–Crippen LogP) is 4.68. The molecule has 3 fully saturated rings. The Bertz CT molecular complexity index is 790. The van der Waals surface area contributed by atoms with Gasteiger partial charge in [0, 0.05) is 31.2 Å². The highest BCUT2D eigenvalue weighted by Crippen LogP contribution is 2.38. The summed E-state index contributed by atoms with van der Waals surface area (Å²) < 4.78 is 11.4. The molecule has 3 aliphatic heterocycles. The molecule has 1 saturated carbocycles. The second-order valence-electron chi connectivity index (χ2n) is 11.0. The van der Waals surface area contributed by atoms with Crippen LogP contribution in [-0.2, 0) is 16.0 Å². The van der Waals surface area contributed by atoms with Crippen LogP contribution >= 0.6 is 0 Å². The molecule has 5 rings (SSSR count). The Hall–Kier alpha value is -1.59. The van der Waals surface area contributed by atoms with E-state index in [1.165, 1.54) is 50.9 Å². The molecule has 1 aromatic carbocycles. The molecule has 1 amide bonds. The molecule has 0 radical (unpaired) electrons. The lowest BCUT2D eigenvalue weighted by Crippen LogP contribution is -2.41. The van der Waals surface area contributed by atoms with Gasteiger partial charge in [0.1, 0.15) is 5.75 Å². The van der Waals surface area contributed by atoms with Gasteiger partial charge in [0.2, 0.25) is 5.91 Å². The van der Waals surface area contributed by atoms with Gasteiger partial charge in [0.25, 0.3) is 0 Å². The Kier molecular flexibility index (Phi) is 7.56. The van der Waals surface area contributed by atoms with Crippen molar-refractivity contribution in [2.75, 3.05) is 32.8 Å². The number of amides is 1. The van der Waals surface area contributed by atoms with E-state index in [9.17, 15) is 4.79 Å². The van der Waals surface area contributed by atoms with Crippen molar-refractivity contribution in [3.05, 3.63) is 29.3 Å². The van der Waals surface area contributed by atoms with Crippen molar-refractivity contribution in [1.82, 2.24) is 10.2 Å². The van der Waals surface area contributed by atoms with Gasteiger partial charge in [-0.2, -0.15) is 0 Å². The SMILES string of the molecule is CC(CN1CCC(c2cccc3c2CCO3)CC1)C1CCC(NC(=O)CC2CCCO2)CC1. The van der Waals surface area contributed by atoms with E-state index in [0.29, 0.717) is 18.4 Å². The highest BCUT2D eigenvalue weighted by Gasteiger charge is 2.30. The van der Waals surface area contributed by atoms with Crippen LogP contribution < -0.4 is 10.1 Å². The van der Waals surface area contributed by atoms with Crippen molar-refractivity contribution in [2.45, 2.75) is 89.2 Å². The number of nitrogens with one attached hydrogen (secondary N) is 1. The average Bonchev–Trinajstić information content (AvgIpc) is 3.52. The van der Waals surface area contributed by atoms with Crippen LogP contribution in [0.3, 0.4) is 0 Å². The van der Waals surface area contributed by atoms with Crippen LogP contribution in [-0.4, -0.2) is 55.8 Å². The summed E-state index contributed by atoms with van der Waals surface area (Å²) in [6.07, 6.45) is 11.2. The highest BCUT2D eigenvalue weighted by atomic mass is 16.5. The second kappa shape index (κ2) is 10.8. The van der Waals surface area contributed by atoms with Gasteiger partial charge in [0.05, 0.1) is 19.1 Å². The van der Waals surface area contributed by atoms with Gasteiger partial charge in [-0.3, -0.25) is 4.79 Å². The van der Waals surface area contributed by atoms with Gasteiger partial charge in [0.15, 0.2) is 0 Å². The van der Waals surface area contributed by atoms with Crippen LogP contribution in [0.5, 0.6) is 5.75 Å². The van der Waals surface area contributed by atoms with E-state index in [4.69, 9.17) is 9.47 Å². The van der Waals surface area contributed by atoms with Crippen LogP contribution in [0.15, 0.2) is 18.2 Å². The number of benzene rings is 1. The Morgan fingerprint density at radius 1 is 1.09 bits per heavy atom. The third kappa shape index (κ3) is 5.74. The van der Waals surface area contributed by atoms with Crippen LogP contribution in [0.4, 0.5) is 0 Å². The molecule has 0 bridgehead atoms. The number of hydrogen-bond donors (Lipinski definition) is 1. The molecular weight excluding hydrogens is 412 g/mol. The summed E-state index contributed by atoms with van der Waals surface area (Å²) in [5.74, 6) is 3.55. The molecule has 2 saturated heterocycles. The first-order chi connectivity index (χ1) is 16.2. The number of rotatable bonds is 7. The van der Waals surface area contributed by atoms with Crippen LogP contribution in [0.25, 0.3) is 0 Å². The van der Waals surface area contributed by atoms with Crippen molar-refractivity contribution >= 4 is 5.91 Å². The van der Waals surface area contributed by atoms with E-state index >= 15 is 0 Å². The van der Waals surface area contributed by atoms with Gasteiger partial charge in [-0.1, -0.05) is 19.1 Å². The van der Waals surface area contributed by atoms with Gasteiger partial charge < -0.3 is 19.7 Å². The molecule has 5 nitrogen and oxygen atoms in total. The number of nitrogens with zero attached hydrogens (tertiary/aromatic N) is 1. The van der Waals surface area contributed by atoms with Gasteiger partial charge in [-0.05, 0) is 93.8 Å². The molecule has 1 N–H and O–H groups in total. The summed E-state index contributed by atoms with van der Waals surface area (Å²) in [7, 11) is 0. The molecule has 2 atom stereocenters. The fraction of sp³-hybridized carbons (Fsp3) is 0.750. The lowest BCUT2D eigenvalue weighted by atomic mass is 9.78. The van der Waals surface area contributed by atoms with Crippen molar-refractivity contribution in [3.63, 3.8) is 0 Å². The predicted molar refractivity (Wildman–Crippen MR) is 131 cm³/mol. The normalized spacial score (nSPS) is 29.4. The van der Waals surface area contributed by atoms with Crippen molar-refractivity contribution in [3.8, 4) is 5.75 Å². The molecule has 182 valence electrons. The van der Waals surface area contributed by atoms with Crippen molar-refractivity contribution < 1.29 is 14.3 Å². The fourth-order valence-corrected chi connectivity index (χ4v) is 6.75. The first-order valence-corrected chi connectivity index (χ1v) is 13.5. The number of fused-ring (bicyclic) bond motifs is 1. The third-order valence-corrected chi connectivity index (χ3v) is 8.73. The van der Waals surface area contributed by atoms with E-state index in [1.54, 1.807) is 5.56 Å². The number of piperidine rings is 1. The standard InChI is InChI=1S/C28H42N2O3/c1-20(21-7-9-23(10-8-21)29-28(31)18-24-4-3-16-32-24)19-30-14-11-22(12-15-30)25-5-2-6-27-26(25)13-17-33-27/h2,5-6,20-24H,3-4,7-19H2,1H3,(H,29,31). The zero-order valence-electron chi connectivity index (χ0n) is 20.4. The summed E-state index contributed by atoms with van der Waals surface area (Å²) in [5.41, 5.74) is 3.03. The van der Waals surface area contributed by atoms with E-state index in [-0.39, 0.29) is 12.0 Å². The van der Waals surface area contributed by atoms with E-state index in [1.807, 2.05) is 0 Å². The Morgan fingerprint density at radius 2 is 1.91 bits per heavy atom. The molecule has 5 heteroatoms. The number of hydrogen-bond acceptors (Lipinski definition) is 4. The molecule has 33 heavy (non-hydrogen) atoms. The van der Waals surface area contributed by atoms with Crippen molar-refractivity contribution in [1.29, 1.82) is 0 Å². The summed E-state index contributed by atoms with van der Waals surface area (Å²) in [4.78, 5) is 15.0. The number of carbonyl (C=O) groups is 1. The minimum atomic E-state index is 0.154. The lowest BCUT2D eigenvalue weighted by Gasteiger charge is -2.38. The topological polar surface area (TPSA) is 50.8 Å². The second-order valence-corrected chi connectivity index (χ2v) is 11.0. The molecule has 1 aliphatic carbocycles. The number of likely N-dealkylation sites (tertiary alicyclic amines) is 1. The van der Waals surface area contributed by atoms with Crippen LogP contribution in [0, 0.1) is 11.8 Å². The van der Waals surface area contributed by atoms with E-state index in [2.05, 4.69) is 35.3 Å². The summed E-state index contributed by atoms with van der Waals surface area (Å²) in [5, 5.41) is 3.29. The highest BCUT2D eigenvalue weighted by molar-refractivity contribution is 5.76. The minimum Gasteiger partial charge on any atom is -0.493 e. The monoisotopic (exact) mass is 454 g/mol.